The molecule has 0 spiro atoms. The summed E-state index contributed by atoms with van der Waals surface area (Å²) >= 11 is 9.48. The Balaban J connectivity index is 2.08. The fourth-order valence-corrected chi connectivity index (χ4v) is 2.91. The van der Waals surface area contributed by atoms with Crippen LogP contribution in [0, 0.1) is 0 Å². The lowest BCUT2D eigenvalue weighted by molar-refractivity contribution is 0.603. The van der Waals surface area contributed by atoms with Gasteiger partial charge in [0.05, 0.1) is 5.69 Å². The Labute approximate surface area is 136 Å². The van der Waals surface area contributed by atoms with Gasteiger partial charge < -0.3 is 5.32 Å². The van der Waals surface area contributed by atoms with Gasteiger partial charge in [0.1, 0.15) is 0 Å². The van der Waals surface area contributed by atoms with Gasteiger partial charge in [-0.3, -0.25) is 4.72 Å². The zero-order valence-electron chi connectivity index (χ0n) is 10.8. The summed E-state index contributed by atoms with van der Waals surface area (Å²) < 4.78 is 25.1. The van der Waals surface area contributed by atoms with E-state index in [-0.39, 0.29) is 0 Å². The molecule has 8 heteroatoms. The minimum absolute atomic E-state index is 0.393. The van der Waals surface area contributed by atoms with E-state index in [9.17, 15) is 8.42 Å². The molecule has 0 bridgehead atoms. The van der Waals surface area contributed by atoms with E-state index in [0.29, 0.717) is 17.3 Å². The molecule has 0 amide bonds. The molecule has 0 saturated heterocycles. The third-order valence-electron chi connectivity index (χ3n) is 2.62. The van der Waals surface area contributed by atoms with Crippen LogP contribution in [-0.4, -0.2) is 8.42 Å². The standard InChI is InChI=1S/C13H13BrClN3O2S/c14-10-5-4-9(13(15)6-10)8-17-11-2-1-3-12(7-11)18-21(16,19)20/h1-7,17-18H,8H2,(H2,16,19,20). The Morgan fingerprint density at radius 3 is 2.52 bits per heavy atom. The first kappa shape index (κ1) is 16.1. The minimum Gasteiger partial charge on any atom is -0.381 e. The smallest absolute Gasteiger partial charge is 0.296 e. The van der Waals surface area contributed by atoms with Crippen LogP contribution in [0.1, 0.15) is 5.56 Å². The molecule has 2 rings (SSSR count). The summed E-state index contributed by atoms with van der Waals surface area (Å²) in [5.41, 5.74) is 2.08. The fraction of sp³-hybridized carbons (Fsp3) is 0.0769. The molecule has 21 heavy (non-hydrogen) atoms. The van der Waals surface area contributed by atoms with Crippen molar-refractivity contribution in [1.82, 2.24) is 0 Å². The lowest BCUT2D eigenvalue weighted by atomic mass is 10.2. The number of nitrogens with two attached hydrogens (primary N) is 1. The molecule has 0 aliphatic heterocycles. The average molecular weight is 391 g/mol. The highest BCUT2D eigenvalue weighted by molar-refractivity contribution is 9.10. The van der Waals surface area contributed by atoms with Gasteiger partial charge in [-0.25, -0.2) is 5.14 Å². The van der Waals surface area contributed by atoms with E-state index in [2.05, 4.69) is 26.0 Å². The van der Waals surface area contributed by atoms with Crippen molar-refractivity contribution in [1.29, 1.82) is 0 Å². The molecule has 0 radical (unpaired) electrons. The van der Waals surface area contributed by atoms with Crippen molar-refractivity contribution >= 4 is 49.1 Å². The quantitative estimate of drug-likeness (QED) is 0.732. The Bertz CT molecular complexity index is 753. The fourth-order valence-electron chi connectivity index (χ4n) is 1.72. The molecule has 0 fully saturated rings. The van der Waals surface area contributed by atoms with Gasteiger partial charge >= 0.3 is 0 Å². The molecule has 0 heterocycles. The molecule has 2 aromatic carbocycles. The number of nitrogens with one attached hydrogen (secondary N) is 2. The van der Waals surface area contributed by atoms with Gasteiger partial charge in [0.2, 0.25) is 0 Å². The second-order valence-corrected chi connectivity index (χ2v) is 6.93. The molecule has 5 nitrogen and oxygen atoms in total. The third-order valence-corrected chi connectivity index (χ3v) is 3.99. The zero-order chi connectivity index (χ0) is 15.5. The molecule has 0 aromatic heterocycles. The van der Waals surface area contributed by atoms with Gasteiger partial charge in [-0.1, -0.05) is 39.7 Å². The number of benzene rings is 2. The molecular weight excluding hydrogens is 378 g/mol. The number of rotatable bonds is 5. The highest BCUT2D eigenvalue weighted by Crippen LogP contribution is 2.23. The largest absolute Gasteiger partial charge is 0.381 e. The predicted octanol–water partition coefficient (Wildman–Crippen LogP) is 3.33. The highest BCUT2D eigenvalue weighted by atomic mass is 79.9. The van der Waals surface area contributed by atoms with Gasteiger partial charge in [-0.05, 0) is 35.9 Å². The first-order valence-electron chi connectivity index (χ1n) is 5.92. The summed E-state index contributed by atoms with van der Waals surface area (Å²) in [6, 6.07) is 12.4. The Morgan fingerprint density at radius 2 is 1.86 bits per heavy atom. The molecule has 2 aromatic rings. The first-order chi connectivity index (χ1) is 9.83. The monoisotopic (exact) mass is 389 g/mol. The summed E-state index contributed by atoms with van der Waals surface area (Å²) in [4.78, 5) is 0. The molecule has 0 unspecified atom stereocenters. The molecule has 4 N–H and O–H groups in total. The molecular formula is C13H13BrClN3O2S. The van der Waals surface area contributed by atoms with Crippen LogP contribution in [0.15, 0.2) is 46.9 Å². The summed E-state index contributed by atoms with van der Waals surface area (Å²) in [5.74, 6) is 0. The second kappa shape index (κ2) is 6.65. The van der Waals surface area contributed by atoms with Crippen molar-refractivity contribution in [3.8, 4) is 0 Å². The van der Waals surface area contributed by atoms with Gasteiger partial charge in [-0.2, -0.15) is 8.42 Å². The van der Waals surface area contributed by atoms with Crippen LogP contribution in [0.25, 0.3) is 0 Å². The minimum atomic E-state index is -3.78. The van der Waals surface area contributed by atoms with Crippen molar-refractivity contribution in [2.45, 2.75) is 6.54 Å². The van der Waals surface area contributed by atoms with Crippen LogP contribution in [0.5, 0.6) is 0 Å². The zero-order valence-corrected chi connectivity index (χ0v) is 14.0. The second-order valence-electron chi connectivity index (χ2n) is 4.32. The van der Waals surface area contributed by atoms with Gasteiger partial charge in [0.25, 0.3) is 10.2 Å². The van der Waals surface area contributed by atoms with Gasteiger partial charge in [0.15, 0.2) is 0 Å². The lowest BCUT2D eigenvalue weighted by Gasteiger charge is -2.10. The van der Waals surface area contributed by atoms with Crippen molar-refractivity contribution in [2.24, 2.45) is 5.14 Å². The van der Waals surface area contributed by atoms with Crippen molar-refractivity contribution in [2.75, 3.05) is 10.0 Å². The van der Waals surface area contributed by atoms with E-state index < -0.39 is 10.2 Å². The summed E-state index contributed by atoms with van der Waals surface area (Å²) in [6.07, 6.45) is 0. The maximum atomic E-state index is 11.0. The van der Waals surface area contributed by atoms with Gasteiger partial charge in [-0.15, -0.1) is 0 Å². The normalized spacial score (nSPS) is 11.2. The predicted molar refractivity (Wildman–Crippen MR) is 89.7 cm³/mol. The van der Waals surface area contributed by atoms with E-state index in [0.717, 1.165) is 15.7 Å². The van der Waals surface area contributed by atoms with Crippen molar-refractivity contribution in [3.05, 3.63) is 57.5 Å². The molecule has 0 atom stereocenters. The molecule has 0 aliphatic rings. The SMILES string of the molecule is NS(=O)(=O)Nc1cccc(NCc2ccc(Br)cc2Cl)c1. The maximum Gasteiger partial charge on any atom is 0.296 e. The number of hydrogen-bond acceptors (Lipinski definition) is 3. The van der Waals surface area contributed by atoms with Crippen molar-refractivity contribution in [3.63, 3.8) is 0 Å². The molecule has 0 aliphatic carbocycles. The van der Waals surface area contributed by atoms with Crippen LogP contribution in [0.4, 0.5) is 11.4 Å². The maximum absolute atomic E-state index is 11.0. The average Bonchev–Trinajstić information content (AvgIpc) is 2.36. The number of halogens is 2. The Hall–Kier alpha value is -1.28. The highest BCUT2D eigenvalue weighted by Gasteiger charge is 2.04. The number of anilines is 2. The van der Waals surface area contributed by atoms with Crippen LogP contribution in [0.3, 0.4) is 0 Å². The lowest BCUT2D eigenvalue weighted by Crippen LogP contribution is -2.21. The van der Waals surface area contributed by atoms with E-state index in [1.165, 1.54) is 0 Å². The first-order valence-corrected chi connectivity index (χ1v) is 8.63. The van der Waals surface area contributed by atoms with Crippen LogP contribution in [-0.2, 0) is 16.8 Å². The summed E-state index contributed by atoms with van der Waals surface area (Å²) in [5, 5.41) is 8.76. The van der Waals surface area contributed by atoms with E-state index >= 15 is 0 Å². The van der Waals surface area contributed by atoms with E-state index in [1.54, 1.807) is 18.2 Å². The summed E-state index contributed by atoms with van der Waals surface area (Å²) in [6.45, 7) is 0.519. The van der Waals surface area contributed by atoms with E-state index in [1.807, 2.05) is 24.3 Å². The number of hydrogen-bond donors (Lipinski definition) is 3. The van der Waals surface area contributed by atoms with Crippen molar-refractivity contribution < 1.29 is 8.42 Å². The van der Waals surface area contributed by atoms with E-state index in [4.69, 9.17) is 16.7 Å². The Kier molecular flexibility index (Phi) is 5.10. The Morgan fingerprint density at radius 1 is 1.14 bits per heavy atom. The van der Waals surface area contributed by atoms with Crippen LogP contribution < -0.4 is 15.2 Å². The topological polar surface area (TPSA) is 84.2 Å². The summed E-state index contributed by atoms with van der Waals surface area (Å²) in [7, 11) is -3.78. The third kappa shape index (κ3) is 5.20. The van der Waals surface area contributed by atoms with Gasteiger partial charge in [0, 0.05) is 21.7 Å². The van der Waals surface area contributed by atoms with Crippen LogP contribution >= 0.6 is 27.5 Å². The molecule has 0 saturated carbocycles. The van der Waals surface area contributed by atoms with Crippen LogP contribution in [0.2, 0.25) is 5.02 Å². The molecule has 112 valence electrons.